The van der Waals surface area contributed by atoms with Crippen molar-refractivity contribution >= 4 is 40.7 Å². The van der Waals surface area contributed by atoms with Crippen LogP contribution in [0.2, 0.25) is 0 Å². The summed E-state index contributed by atoms with van der Waals surface area (Å²) in [5.41, 5.74) is 0.915. The number of H-pyrrole nitrogens is 1. The van der Waals surface area contributed by atoms with Crippen LogP contribution in [0.3, 0.4) is 0 Å². The minimum Gasteiger partial charge on any atom is -0.546 e. The van der Waals surface area contributed by atoms with Crippen LogP contribution >= 0.6 is 0 Å². The van der Waals surface area contributed by atoms with Gasteiger partial charge in [-0.05, 0) is 24.3 Å². The van der Waals surface area contributed by atoms with Crippen LogP contribution in [0.4, 0.5) is 4.39 Å². The fraction of sp³-hybridized carbons (Fsp3) is 0.208. The summed E-state index contributed by atoms with van der Waals surface area (Å²) in [6, 6.07) is 11.2. The molecule has 1 N–H and O–H groups in total. The molecule has 2 amide bonds. The topological polar surface area (TPSA) is 135 Å². The first-order chi connectivity index (χ1) is 16.9. The van der Waals surface area contributed by atoms with Crippen molar-refractivity contribution in [1.82, 2.24) is 14.8 Å². The van der Waals surface area contributed by atoms with Gasteiger partial charge in [-0.25, -0.2) is 4.39 Å². The van der Waals surface area contributed by atoms with Crippen molar-refractivity contribution in [3.05, 3.63) is 71.2 Å². The van der Waals surface area contributed by atoms with E-state index in [1.165, 1.54) is 17.2 Å². The SMILES string of the molecule is O=C([O-])CO/N=C/c1ccc(F)c2c(C(=O)C(=O)N3CCN(C(=O)c4ccccc4)CC3)c[nH]c12.[Na+]. The maximum atomic E-state index is 14.6. The number of aromatic nitrogens is 1. The van der Waals surface area contributed by atoms with Gasteiger partial charge in [0.1, 0.15) is 5.82 Å². The number of ketones is 1. The first-order valence-electron chi connectivity index (χ1n) is 10.7. The molecule has 1 aliphatic rings. The van der Waals surface area contributed by atoms with Crippen molar-refractivity contribution in [2.24, 2.45) is 5.16 Å². The van der Waals surface area contributed by atoms with Crippen molar-refractivity contribution in [1.29, 1.82) is 0 Å². The van der Waals surface area contributed by atoms with Gasteiger partial charge in [0.15, 0.2) is 6.61 Å². The van der Waals surface area contributed by atoms with E-state index >= 15 is 0 Å². The number of aromatic amines is 1. The Bertz CT molecular complexity index is 1320. The van der Waals surface area contributed by atoms with Gasteiger partial charge in [-0.15, -0.1) is 0 Å². The van der Waals surface area contributed by atoms with Crippen LogP contribution in [-0.4, -0.2) is 77.4 Å². The van der Waals surface area contributed by atoms with Crippen LogP contribution in [0, 0.1) is 5.82 Å². The third-order valence-electron chi connectivity index (χ3n) is 5.58. The zero-order chi connectivity index (χ0) is 24.9. The monoisotopic (exact) mass is 502 g/mol. The number of oxime groups is 1. The molecule has 0 aliphatic carbocycles. The number of aliphatic carboxylic acids is 1. The number of amides is 2. The molecular formula is C24H20FN4NaO6. The van der Waals surface area contributed by atoms with Crippen molar-refractivity contribution in [3.8, 4) is 0 Å². The number of halogens is 1. The van der Waals surface area contributed by atoms with Crippen molar-refractivity contribution in [3.63, 3.8) is 0 Å². The second-order valence-electron chi connectivity index (χ2n) is 7.75. The predicted octanol–water partition coefficient (Wildman–Crippen LogP) is -2.42. The third-order valence-corrected chi connectivity index (χ3v) is 5.58. The second-order valence-corrected chi connectivity index (χ2v) is 7.75. The Morgan fingerprint density at radius 2 is 1.69 bits per heavy atom. The molecule has 0 atom stereocenters. The Labute approximate surface area is 227 Å². The Morgan fingerprint density at radius 1 is 1.03 bits per heavy atom. The van der Waals surface area contributed by atoms with Crippen molar-refractivity contribution in [2.75, 3.05) is 32.8 Å². The van der Waals surface area contributed by atoms with E-state index < -0.39 is 30.1 Å². The van der Waals surface area contributed by atoms with E-state index in [1.807, 2.05) is 6.07 Å². The molecule has 2 aromatic carbocycles. The minimum absolute atomic E-state index is 0. The summed E-state index contributed by atoms with van der Waals surface area (Å²) in [5, 5.41) is 13.8. The van der Waals surface area contributed by atoms with Gasteiger partial charge >= 0.3 is 29.6 Å². The standard InChI is InChI=1S/C24H21FN4O6.Na/c25-18-7-6-16(12-27-35-14-19(30)31)21-20(18)17(13-26-21)22(32)24(34)29-10-8-28(9-11-29)23(33)15-4-2-1-3-5-15;/h1-7,12-13,26H,8-11,14H2,(H,30,31);/q;+1/p-1/b27-12+;. The second kappa shape index (κ2) is 11.9. The van der Waals surface area contributed by atoms with Crippen molar-refractivity contribution < 1.29 is 63.1 Å². The summed E-state index contributed by atoms with van der Waals surface area (Å²) in [6.07, 6.45) is 2.39. The molecule has 36 heavy (non-hydrogen) atoms. The fourth-order valence-corrected chi connectivity index (χ4v) is 3.83. The third kappa shape index (κ3) is 5.81. The van der Waals surface area contributed by atoms with E-state index in [4.69, 9.17) is 0 Å². The molecule has 3 aromatic rings. The Kier molecular flexibility index (Phi) is 8.97. The summed E-state index contributed by atoms with van der Waals surface area (Å²) in [7, 11) is 0. The van der Waals surface area contributed by atoms with Gasteiger partial charge in [-0.1, -0.05) is 23.4 Å². The van der Waals surface area contributed by atoms with E-state index in [9.17, 15) is 28.7 Å². The van der Waals surface area contributed by atoms with Gasteiger partial charge in [0.25, 0.3) is 17.6 Å². The molecule has 1 fully saturated rings. The molecule has 4 rings (SSSR count). The van der Waals surface area contributed by atoms with E-state index in [1.54, 1.807) is 29.2 Å². The molecule has 180 valence electrons. The molecule has 1 saturated heterocycles. The summed E-state index contributed by atoms with van der Waals surface area (Å²) >= 11 is 0. The number of fused-ring (bicyclic) bond motifs is 1. The molecule has 2 heterocycles. The number of carboxylic acid groups (broad SMARTS) is 1. The van der Waals surface area contributed by atoms with E-state index in [0.29, 0.717) is 11.1 Å². The smallest absolute Gasteiger partial charge is 0.546 e. The summed E-state index contributed by atoms with van der Waals surface area (Å²) in [5.74, 6) is -4.01. The number of nitrogens with one attached hydrogen (secondary N) is 1. The summed E-state index contributed by atoms with van der Waals surface area (Å²) < 4.78 is 14.6. The average molecular weight is 502 g/mol. The largest absolute Gasteiger partial charge is 1.00 e. The maximum absolute atomic E-state index is 14.6. The zero-order valence-electron chi connectivity index (χ0n) is 19.4. The fourth-order valence-electron chi connectivity index (χ4n) is 3.83. The first-order valence-corrected chi connectivity index (χ1v) is 10.7. The average Bonchev–Trinajstić information content (AvgIpc) is 3.33. The summed E-state index contributed by atoms with van der Waals surface area (Å²) in [6.45, 7) is 0.111. The van der Waals surface area contributed by atoms with E-state index in [-0.39, 0.29) is 78.1 Å². The maximum Gasteiger partial charge on any atom is 1.00 e. The quantitative estimate of drug-likeness (QED) is 0.126. The molecule has 0 spiro atoms. The van der Waals surface area contributed by atoms with Crippen molar-refractivity contribution in [2.45, 2.75) is 0 Å². The first kappa shape index (κ1) is 27.1. The number of Topliss-reactive ketones (excluding diaryl/α,β-unsaturated/α-hetero) is 1. The number of rotatable bonds is 7. The van der Waals surface area contributed by atoms with Crippen LogP contribution < -0.4 is 34.7 Å². The van der Waals surface area contributed by atoms with Crippen LogP contribution in [0.1, 0.15) is 26.3 Å². The minimum atomic E-state index is -1.46. The Hall–Kier alpha value is -3.54. The predicted molar refractivity (Wildman–Crippen MR) is 120 cm³/mol. The number of piperazine rings is 1. The number of benzene rings is 2. The molecular weight excluding hydrogens is 482 g/mol. The van der Waals surface area contributed by atoms with Gasteiger partial charge in [0.2, 0.25) is 0 Å². The Balaban J connectivity index is 0.00000361. The van der Waals surface area contributed by atoms with E-state index in [0.717, 1.165) is 12.3 Å². The molecule has 1 aromatic heterocycles. The molecule has 12 heteroatoms. The van der Waals surface area contributed by atoms with Crippen LogP contribution in [0.5, 0.6) is 0 Å². The molecule has 0 unspecified atom stereocenters. The number of hydrogen-bond acceptors (Lipinski definition) is 7. The number of nitrogens with zero attached hydrogens (tertiary/aromatic N) is 3. The molecule has 1 aliphatic heterocycles. The van der Waals surface area contributed by atoms with Gasteiger partial charge in [-0.2, -0.15) is 0 Å². The van der Waals surface area contributed by atoms with Gasteiger partial charge < -0.3 is 29.5 Å². The molecule has 0 bridgehead atoms. The van der Waals surface area contributed by atoms with Gasteiger partial charge in [0, 0.05) is 48.9 Å². The van der Waals surface area contributed by atoms with Crippen LogP contribution in [-0.2, 0) is 14.4 Å². The molecule has 10 nitrogen and oxygen atoms in total. The number of carbonyl (C=O) groups excluding carboxylic acids is 4. The molecule has 0 radical (unpaired) electrons. The summed E-state index contributed by atoms with van der Waals surface area (Å²) in [4.78, 5) is 59.1. The molecule has 0 saturated carbocycles. The van der Waals surface area contributed by atoms with Gasteiger partial charge in [-0.3, -0.25) is 14.4 Å². The normalized spacial score (nSPS) is 13.5. The Morgan fingerprint density at radius 3 is 2.36 bits per heavy atom. The number of carboxylic acids is 1. The van der Waals surface area contributed by atoms with Gasteiger partial charge in [0.05, 0.1) is 23.3 Å². The zero-order valence-corrected chi connectivity index (χ0v) is 21.4. The van der Waals surface area contributed by atoms with Crippen LogP contribution in [0.15, 0.2) is 53.8 Å². The van der Waals surface area contributed by atoms with Crippen LogP contribution in [0.25, 0.3) is 10.9 Å². The number of hydrogen-bond donors (Lipinski definition) is 1. The number of carbonyl (C=O) groups is 4. The van der Waals surface area contributed by atoms with E-state index in [2.05, 4.69) is 15.0 Å².